The van der Waals surface area contributed by atoms with Crippen molar-refractivity contribution in [3.05, 3.63) is 60.3 Å². The monoisotopic (exact) mass is 533 g/mol. The number of ether oxygens (including phenoxy) is 1. The number of carbonyl (C=O) groups is 1. The van der Waals surface area contributed by atoms with Gasteiger partial charge in [-0.1, -0.05) is 34.7 Å². The molecule has 0 spiro atoms. The zero-order valence-corrected chi connectivity index (χ0v) is 20.2. The number of aromatic nitrogens is 2. The fourth-order valence-electron chi connectivity index (χ4n) is 3.11. The Hall–Kier alpha value is -2.59. The maximum atomic E-state index is 12.5. The van der Waals surface area contributed by atoms with E-state index in [0.717, 1.165) is 40.1 Å². The summed E-state index contributed by atoms with van der Waals surface area (Å²) in [5.41, 5.74) is 4.45. The minimum atomic E-state index is -0.294. The molecule has 0 unspecified atom stereocenters. The molecule has 8 heteroatoms. The van der Waals surface area contributed by atoms with Crippen LogP contribution in [0.4, 0.5) is 16.2 Å². The third-order valence-electron chi connectivity index (χ3n) is 4.71. The number of aryl methyl sites for hydroxylation is 1. The van der Waals surface area contributed by atoms with Gasteiger partial charge in [-0.15, -0.1) is 0 Å². The second-order valence-electron chi connectivity index (χ2n) is 7.47. The van der Waals surface area contributed by atoms with Gasteiger partial charge in [-0.25, -0.2) is 4.79 Å². The smallest absolute Gasteiger partial charge is 0.323 e. The molecule has 164 valence electrons. The van der Waals surface area contributed by atoms with Gasteiger partial charge >= 0.3 is 6.03 Å². The van der Waals surface area contributed by atoms with E-state index in [1.807, 2.05) is 69.7 Å². The van der Waals surface area contributed by atoms with Crippen molar-refractivity contribution in [3.8, 4) is 17.0 Å². The third kappa shape index (κ3) is 6.70. The van der Waals surface area contributed by atoms with Crippen LogP contribution >= 0.6 is 22.6 Å². The number of amides is 2. The SMILES string of the molecule is CN(C)CCCOc1ccc(NC(=O)Nc2ccc(CI)cc2)cc1-c1ccnn1C. The van der Waals surface area contributed by atoms with Gasteiger partial charge in [-0.2, -0.15) is 5.10 Å². The lowest BCUT2D eigenvalue weighted by Gasteiger charge is -2.15. The number of alkyl halides is 1. The summed E-state index contributed by atoms with van der Waals surface area (Å²) >= 11 is 2.31. The summed E-state index contributed by atoms with van der Waals surface area (Å²) in [6, 6.07) is 15.1. The van der Waals surface area contributed by atoms with Crippen molar-refractivity contribution < 1.29 is 9.53 Å². The summed E-state index contributed by atoms with van der Waals surface area (Å²) in [7, 11) is 5.98. The summed E-state index contributed by atoms with van der Waals surface area (Å²) < 4.78 is 8.77. The van der Waals surface area contributed by atoms with Gasteiger partial charge in [0.15, 0.2) is 0 Å². The summed E-state index contributed by atoms with van der Waals surface area (Å²) in [4.78, 5) is 14.6. The number of carbonyl (C=O) groups excluding carboxylic acids is 1. The second-order valence-corrected chi connectivity index (χ2v) is 8.23. The second kappa shape index (κ2) is 11.1. The van der Waals surface area contributed by atoms with E-state index in [4.69, 9.17) is 4.74 Å². The molecule has 0 saturated carbocycles. The van der Waals surface area contributed by atoms with E-state index in [9.17, 15) is 4.79 Å². The molecule has 0 aliphatic heterocycles. The van der Waals surface area contributed by atoms with E-state index >= 15 is 0 Å². The summed E-state index contributed by atoms with van der Waals surface area (Å²) in [6.45, 7) is 1.57. The molecule has 0 fully saturated rings. The fraction of sp³-hybridized carbons (Fsp3) is 0.304. The predicted molar refractivity (Wildman–Crippen MR) is 134 cm³/mol. The lowest BCUT2D eigenvalue weighted by molar-refractivity contribution is 0.262. The number of nitrogens with zero attached hydrogens (tertiary/aromatic N) is 3. The normalized spacial score (nSPS) is 10.9. The predicted octanol–water partition coefficient (Wildman–Crippen LogP) is 5.00. The zero-order valence-electron chi connectivity index (χ0n) is 18.1. The van der Waals surface area contributed by atoms with E-state index in [1.54, 1.807) is 10.9 Å². The van der Waals surface area contributed by atoms with Crippen LogP contribution in [0.25, 0.3) is 11.3 Å². The Morgan fingerprint density at radius 1 is 1.10 bits per heavy atom. The van der Waals surface area contributed by atoms with Crippen LogP contribution in [0.5, 0.6) is 5.75 Å². The van der Waals surface area contributed by atoms with E-state index < -0.39 is 0 Å². The Labute approximate surface area is 196 Å². The van der Waals surface area contributed by atoms with E-state index in [2.05, 4.69) is 43.2 Å². The zero-order chi connectivity index (χ0) is 22.2. The molecule has 0 bridgehead atoms. The molecule has 2 N–H and O–H groups in total. The van der Waals surface area contributed by atoms with Gasteiger partial charge in [0, 0.05) is 41.2 Å². The van der Waals surface area contributed by atoms with Crippen LogP contribution in [0.2, 0.25) is 0 Å². The number of anilines is 2. The van der Waals surface area contributed by atoms with Crippen LogP contribution in [0.15, 0.2) is 54.7 Å². The molecule has 1 aromatic heterocycles. The van der Waals surface area contributed by atoms with Crippen LogP contribution in [-0.4, -0.2) is 48.0 Å². The minimum absolute atomic E-state index is 0.294. The Morgan fingerprint density at radius 3 is 2.45 bits per heavy atom. The Kier molecular flexibility index (Phi) is 8.30. The largest absolute Gasteiger partial charge is 0.493 e. The van der Waals surface area contributed by atoms with Crippen LogP contribution in [0.1, 0.15) is 12.0 Å². The Morgan fingerprint density at radius 2 is 1.81 bits per heavy atom. The number of halogens is 1. The van der Waals surface area contributed by atoms with Gasteiger partial charge in [0.2, 0.25) is 0 Å². The highest BCUT2D eigenvalue weighted by atomic mass is 127. The lowest BCUT2D eigenvalue weighted by atomic mass is 10.1. The van der Waals surface area contributed by atoms with Crippen LogP contribution in [0.3, 0.4) is 0 Å². The summed E-state index contributed by atoms with van der Waals surface area (Å²) in [5, 5.41) is 10.0. The van der Waals surface area contributed by atoms with Crippen LogP contribution in [0, 0.1) is 0 Å². The molecule has 3 aromatic rings. The quantitative estimate of drug-likeness (QED) is 0.231. The Balaban J connectivity index is 1.73. The minimum Gasteiger partial charge on any atom is -0.493 e. The molecular weight excluding hydrogens is 505 g/mol. The first kappa shape index (κ1) is 23.1. The van der Waals surface area contributed by atoms with E-state index in [0.29, 0.717) is 12.3 Å². The first-order valence-electron chi connectivity index (χ1n) is 10.1. The number of urea groups is 1. The van der Waals surface area contributed by atoms with Crippen molar-refractivity contribution in [1.82, 2.24) is 14.7 Å². The molecule has 0 saturated heterocycles. The standard InChI is InChI=1S/C23H28IN5O2/c1-28(2)13-4-14-31-22-10-9-19(15-20(22)21-11-12-25-29(21)3)27-23(30)26-18-7-5-17(16-24)6-8-18/h5-12,15H,4,13-14,16H2,1-3H3,(H2,26,27,30). The van der Waals surface area contributed by atoms with E-state index in [1.165, 1.54) is 5.56 Å². The number of rotatable bonds is 9. The van der Waals surface area contributed by atoms with Crippen LogP contribution in [-0.2, 0) is 11.5 Å². The van der Waals surface area contributed by atoms with Crippen molar-refractivity contribution in [2.24, 2.45) is 7.05 Å². The number of hydrogen-bond donors (Lipinski definition) is 2. The third-order valence-corrected chi connectivity index (χ3v) is 5.59. The molecule has 1 heterocycles. The molecule has 2 amide bonds. The summed E-state index contributed by atoms with van der Waals surface area (Å²) in [6.07, 6.45) is 2.67. The number of nitrogens with one attached hydrogen (secondary N) is 2. The van der Waals surface area contributed by atoms with Gasteiger partial charge in [0.05, 0.1) is 12.3 Å². The Bertz CT molecular complexity index is 1000. The van der Waals surface area contributed by atoms with Crippen molar-refractivity contribution in [3.63, 3.8) is 0 Å². The first-order valence-corrected chi connectivity index (χ1v) is 11.6. The van der Waals surface area contributed by atoms with Gasteiger partial charge in [-0.05, 0) is 62.5 Å². The number of hydrogen-bond acceptors (Lipinski definition) is 4. The molecule has 31 heavy (non-hydrogen) atoms. The maximum Gasteiger partial charge on any atom is 0.323 e. The fourth-order valence-corrected chi connectivity index (χ4v) is 3.61. The lowest BCUT2D eigenvalue weighted by Crippen LogP contribution is -2.19. The van der Waals surface area contributed by atoms with Crippen molar-refractivity contribution >= 4 is 40.0 Å². The molecule has 0 radical (unpaired) electrons. The van der Waals surface area contributed by atoms with E-state index in [-0.39, 0.29) is 6.03 Å². The molecule has 0 aliphatic rings. The van der Waals surface area contributed by atoms with Gasteiger partial charge in [-0.3, -0.25) is 4.68 Å². The molecule has 3 rings (SSSR count). The van der Waals surface area contributed by atoms with Crippen molar-refractivity contribution in [1.29, 1.82) is 0 Å². The molecule has 7 nitrogen and oxygen atoms in total. The van der Waals surface area contributed by atoms with Crippen LogP contribution < -0.4 is 15.4 Å². The van der Waals surface area contributed by atoms with Gasteiger partial charge in [0.25, 0.3) is 0 Å². The highest BCUT2D eigenvalue weighted by Crippen LogP contribution is 2.32. The number of benzene rings is 2. The molecule has 2 aromatic carbocycles. The van der Waals surface area contributed by atoms with Gasteiger partial charge in [0.1, 0.15) is 5.75 Å². The highest BCUT2D eigenvalue weighted by molar-refractivity contribution is 14.1. The van der Waals surface area contributed by atoms with Crippen molar-refractivity contribution in [2.75, 3.05) is 37.9 Å². The average molecular weight is 533 g/mol. The topological polar surface area (TPSA) is 71.4 Å². The van der Waals surface area contributed by atoms with Gasteiger partial charge < -0.3 is 20.3 Å². The molecule has 0 atom stereocenters. The highest BCUT2D eigenvalue weighted by Gasteiger charge is 2.13. The average Bonchev–Trinajstić information content (AvgIpc) is 3.18. The summed E-state index contributed by atoms with van der Waals surface area (Å²) in [5.74, 6) is 0.766. The maximum absolute atomic E-state index is 12.5. The molecular formula is C23H28IN5O2. The first-order chi connectivity index (χ1) is 15.0. The van der Waals surface area contributed by atoms with Crippen molar-refractivity contribution in [2.45, 2.75) is 10.8 Å². The molecule has 0 aliphatic carbocycles.